The number of hydrogen-bond donors (Lipinski definition) is 2. The molecule has 0 aliphatic heterocycles. The summed E-state index contributed by atoms with van der Waals surface area (Å²) in [5.74, 6) is 0.368. The van der Waals surface area contributed by atoms with Crippen LogP contribution in [0.5, 0.6) is 5.75 Å². The van der Waals surface area contributed by atoms with E-state index in [1.807, 2.05) is 0 Å². The van der Waals surface area contributed by atoms with E-state index in [4.69, 9.17) is 14.7 Å². The Kier molecular flexibility index (Phi) is 3.58. The van der Waals surface area contributed by atoms with Crippen LogP contribution in [0.1, 0.15) is 0 Å². The van der Waals surface area contributed by atoms with Crippen LogP contribution in [-0.4, -0.2) is 17.4 Å². The fourth-order valence-electron chi connectivity index (χ4n) is 0.701. The average molecular weight is 296 g/mol. The van der Waals surface area contributed by atoms with E-state index >= 15 is 0 Å². The van der Waals surface area contributed by atoms with Gasteiger partial charge >= 0.3 is 7.32 Å². The van der Waals surface area contributed by atoms with Gasteiger partial charge in [0.1, 0.15) is 5.75 Å². The third-order valence-corrected chi connectivity index (χ3v) is 2.39. The van der Waals surface area contributed by atoms with Crippen LogP contribution in [-0.2, 0) is 0 Å². The lowest BCUT2D eigenvalue weighted by atomic mass is 10.2. The summed E-state index contributed by atoms with van der Waals surface area (Å²) in [6, 6.07) is 5.27. The molecule has 0 unspecified atom stereocenters. The summed E-state index contributed by atoms with van der Waals surface area (Å²) in [6.07, 6.45) is 0. The summed E-state index contributed by atoms with van der Waals surface area (Å²) in [5, 5.41) is 17.1. The zero-order valence-corrected chi connectivity index (χ0v) is 9.04. The van der Waals surface area contributed by atoms with Crippen LogP contribution in [0.15, 0.2) is 27.1 Å². The number of benzene rings is 1. The maximum absolute atomic E-state index is 8.55. The molecule has 0 radical (unpaired) electrons. The predicted octanol–water partition coefficient (Wildman–Crippen LogP) is 1.56. The highest BCUT2D eigenvalue weighted by Gasteiger charge is 2.15. The van der Waals surface area contributed by atoms with Crippen LogP contribution in [0.4, 0.5) is 0 Å². The molecule has 0 bridgehead atoms. The topological polar surface area (TPSA) is 49.7 Å². The first kappa shape index (κ1) is 10.0. The quantitative estimate of drug-likeness (QED) is 0.814. The molecule has 1 aromatic carbocycles. The number of hydrogen-bond acceptors (Lipinski definition) is 3. The van der Waals surface area contributed by atoms with E-state index in [1.54, 1.807) is 18.2 Å². The van der Waals surface area contributed by atoms with Gasteiger partial charge in [0.25, 0.3) is 0 Å². The molecular weight excluding hydrogens is 291 g/mol. The minimum Gasteiger partial charge on any atom is -0.510 e. The number of para-hydroxylation sites is 1. The molecule has 0 aliphatic carbocycles. The molecule has 2 N–H and O–H groups in total. The molecule has 0 atom stereocenters. The molecule has 1 rings (SSSR count). The van der Waals surface area contributed by atoms with Crippen LogP contribution in [0.2, 0.25) is 0 Å². The van der Waals surface area contributed by atoms with Gasteiger partial charge in [-0.15, -0.1) is 0 Å². The summed E-state index contributed by atoms with van der Waals surface area (Å²) in [6.45, 7) is 0. The minimum atomic E-state index is -1.81. The summed E-state index contributed by atoms with van der Waals surface area (Å²) in [5.41, 5.74) is 0. The third kappa shape index (κ3) is 2.48. The summed E-state index contributed by atoms with van der Waals surface area (Å²) >= 11 is 6.40. The Labute approximate surface area is 86.8 Å². The monoisotopic (exact) mass is 294 g/mol. The highest BCUT2D eigenvalue weighted by Crippen LogP contribution is 2.32. The summed E-state index contributed by atoms with van der Waals surface area (Å²) in [7, 11) is -1.81. The summed E-state index contributed by atoms with van der Waals surface area (Å²) < 4.78 is 6.01. The molecule has 0 saturated heterocycles. The fraction of sp³-hybridized carbons (Fsp3) is 0. The van der Waals surface area contributed by atoms with Gasteiger partial charge in [-0.25, -0.2) is 0 Å². The van der Waals surface area contributed by atoms with Crippen molar-refractivity contribution in [1.29, 1.82) is 0 Å². The molecule has 0 heterocycles. The fourth-order valence-corrected chi connectivity index (χ4v) is 1.89. The SMILES string of the molecule is OB(O)Oc1c(Br)cccc1Br. The van der Waals surface area contributed by atoms with Crippen molar-refractivity contribution >= 4 is 39.2 Å². The summed E-state index contributed by atoms with van der Waals surface area (Å²) in [4.78, 5) is 0. The lowest BCUT2D eigenvalue weighted by Crippen LogP contribution is -2.21. The van der Waals surface area contributed by atoms with Gasteiger partial charge in [-0.3, -0.25) is 0 Å². The normalized spacial score (nSPS) is 9.67. The molecule has 0 amide bonds. The van der Waals surface area contributed by atoms with Crippen LogP contribution in [0.25, 0.3) is 0 Å². The van der Waals surface area contributed by atoms with E-state index in [2.05, 4.69) is 31.9 Å². The maximum Gasteiger partial charge on any atom is 0.707 e. The average Bonchev–Trinajstić information content (AvgIpc) is 1.97. The highest BCUT2D eigenvalue weighted by molar-refractivity contribution is 9.11. The second kappa shape index (κ2) is 4.27. The van der Waals surface area contributed by atoms with Gasteiger partial charge in [-0.1, -0.05) is 6.07 Å². The van der Waals surface area contributed by atoms with E-state index in [9.17, 15) is 0 Å². The van der Waals surface area contributed by atoms with Crippen molar-refractivity contribution in [3.63, 3.8) is 0 Å². The molecule has 64 valence electrons. The number of rotatable bonds is 2. The smallest absolute Gasteiger partial charge is 0.510 e. The van der Waals surface area contributed by atoms with Crippen molar-refractivity contribution in [2.75, 3.05) is 0 Å². The van der Waals surface area contributed by atoms with Crippen molar-refractivity contribution in [3.8, 4) is 5.75 Å². The van der Waals surface area contributed by atoms with Crippen molar-refractivity contribution < 1.29 is 14.7 Å². The Morgan fingerprint density at radius 2 is 1.67 bits per heavy atom. The van der Waals surface area contributed by atoms with Crippen molar-refractivity contribution in [2.24, 2.45) is 0 Å². The van der Waals surface area contributed by atoms with Gasteiger partial charge in [0.05, 0.1) is 8.95 Å². The maximum atomic E-state index is 8.55. The lowest BCUT2D eigenvalue weighted by molar-refractivity contribution is 0.286. The molecule has 0 saturated carbocycles. The molecule has 1 aromatic rings. The Hall–Kier alpha value is -0.0351. The van der Waals surface area contributed by atoms with E-state index in [-0.39, 0.29) is 0 Å². The van der Waals surface area contributed by atoms with E-state index in [0.717, 1.165) is 0 Å². The first-order valence-electron chi connectivity index (χ1n) is 3.08. The third-order valence-electron chi connectivity index (χ3n) is 1.14. The second-order valence-corrected chi connectivity index (χ2v) is 3.70. The minimum absolute atomic E-state index is 0.368. The molecule has 6 heteroatoms. The van der Waals surface area contributed by atoms with Gasteiger partial charge in [0.15, 0.2) is 0 Å². The van der Waals surface area contributed by atoms with Crippen LogP contribution in [0, 0.1) is 0 Å². The van der Waals surface area contributed by atoms with Crippen molar-refractivity contribution in [2.45, 2.75) is 0 Å². The molecule has 3 nitrogen and oxygen atoms in total. The first-order valence-corrected chi connectivity index (χ1v) is 4.66. The number of halogens is 2. The Bertz CT molecular complexity index is 259. The van der Waals surface area contributed by atoms with E-state index < -0.39 is 7.32 Å². The van der Waals surface area contributed by atoms with E-state index in [1.165, 1.54) is 0 Å². The molecular formula is C6H5BBr2O3. The van der Waals surface area contributed by atoms with Crippen LogP contribution in [0.3, 0.4) is 0 Å². The second-order valence-electron chi connectivity index (χ2n) is 1.99. The Morgan fingerprint density at radius 1 is 1.17 bits per heavy atom. The van der Waals surface area contributed by atoms with Crippen LogP contribution < -0.4 is 4.65 Å². The standard InChI is InChI=1S/C6H5BBr2O3/c8-4-2-1-3-5(9)6(4)12-7(10)11/h1-3,10-11H. The Morgan fingerprint density at radius 3 is 2.08 bits per heavy atom. The highest BCUT2D eigenvalue weighted by atomic mass is 79.9. The first-order chi connectivity index (χ1) is 5.61. The Balaban J connectivity index is 2.96. The molecule has 0 spiro atoms. The van der Waals surface area contributed by atoms with Gasteiger partial charge in [0, 0.05) is 0 Å². The van der Waals surface area contributed by atoms with Crippen molar-refractivity contribution in [3.05, 3.63) is 27.1 Å². The zero-order valence-electron chi connectivity index (χ0n) is 5.87. The van der Waals surface area contributed by atoms with E-state index in [0.29, 0.717) is 14.7 Å². The van der Waals surface area contributed by atoms with Crippen LogP contribution >= 0.6 is 31.9 Å². The molecule has 0 fully saturated rings. The predicted molar refractivity (Wildman–Crippen MR) is 52.7 cm³/mol. The molecule has 12 heavy (non-hydrogen) atoms. The van der Waals surface area contributed by atoms with Gasteiger partial charge in [-0.05, 0) is 44.0 Å². The largest absolute Gasteiger partial charge is 0.707 e. The van der Waals surface area contributed by atoms with Gasteiger partial charge in [0.2, 0.25) is 0 Å². The lowest BCUT2D eigenvalue weighted by Gasteiger charge is -2.08. The zero-order chi connectivity index (χ0) is 9.14. The van der Waals surface area contributed by atoms with Crippen molar-refractivity contribution in [1.82, 2.24) is 0 Å². The van der Waals surface area contributed by atoms with Gasteiger partial charge in [-0.2, -0.15) is 0 Å². The molecule has 0 aliphatic rings. The van der Waals surface area contributed by atoms with Gasteiger partial charge < -0.3 is 14.7 Å². The molecule has 0 aromatic heterocycles.